The number of hydrogen-bond acceptors (Lipinski definition) is 2. The SMILES string of the molecule is CC(CN)C(O)c1cc(Cl)ccc1Cl. The highest BCUT2D eigenvalue weighted by atomic mass is 35.5. The van der Waals surface area contributed by atoms with Crippen LogP contribution in [0.15, 0.2) is 18.2 Å². The second-order valence-corrected chi connectivity index (χ2v) is 4.17. The average Bonchev–Trinajstić information content (AvgIpc) is 2.19. The van der Waals surface area contributed by atoms with E-state index in [1.165, 1.54) is 0 Å². The molecule has 4 heteroatoms. The Morgan fingerprint density at radius 2 is 2.07 bits per heavy atom. The summed E-state index contributed by atoms with van der Waals surface area (Å²) in [5.74, 6) is -0.0361. The molecule has 78 valence electrons. The van der Waals surface area contributed by atoms with Gasteiger partial charge in [0.2, 0.25) is 0 Å². The molecule has 0 saturated carbocycles. The fourth-order valence-corrected chi connectivity index (χ4v) is 1.59. The fraction of sp³-hybridized carbons (Fsp3) is 0.400. The standard InChI is InChI=1S/C10H13Cl2NO/c1-6(5-13)10(14)8-4-7(11)2-3-9(8)12/h2-4,6,10,14H,5,13H2,1H3. The van der Waals surface area contributed by atoms with Crippen molar-refractivity contribution in [2.45, 2.75) is 13.0 Å². The lowest BCUT2D eigenvalue weighted by atomic mass is 9.98. The van der Waals surface area contributed by atoms with Crippen molar-refractivity contribution in [3.05, 3.63) is 33.8 Å². The molecule has 0 bridgehead atoms. The van der Waals surface area contributed by atoms with Crippen LogP contribution in [0, 0.1) is 5.92 Å². The maximum atomic E-state index is 9.87. The van der Waals surface area contributed by atoms with Crippen molar-refractivity contribution in [3.8, 4) is 0 Å². The summed E-state index contributed by atoms with van der Waals surface area (Å²) in [5.41, 5.74) is 6.10. The van der Waals surface area contributed by atoms with Crippen LogP contribution in [0.25, 0.3) is 0 Å². The van der Waals surface area contributed by atoms with Crippen molar-refractivity contribution in [3.63, 3.8) is 0 Å². The normalized spacial score (nSPS) is 15.2. The summed E-state index contributed by atoms with van der Waals surface area (Å²) in [6.45, 7) is 2.27. The number of aliphatic hydroxyl groups is 1. The van der Waals surface area contributed by atoms with E-state index in [2.05, 4.69) is 0 Å². The van der Waals surface area contributed by atoms with Crippen molar-refractivity contribution in [1.82, 2.24) is 0 Å². The van der Waals surface area contributed by atoms with E-state index < -0.39 is 6.10 Å². The van der Waals surface area contributed by atoms with E-state index in [4.69, 9.17) is 28.9 Å². The molecule has 2 atom stereocenters. The van der Waals surface area contributed by atoms with Crippen LogP contribution >= 0.6 is 23.2 Å². The fourth-order valence-electron chi connectivity index (χ4n) is 1.18. The first-order chi connectivity index (χ1) is 6.56. The van der Waals surface area contributed by atoms with Gasteiger partial charge in [0.15, 0.2) is 0 Å². The zero-order valence-electron chi connectivity index (χ0n) is 7.87. The first-order valence-electron chi connectivity index (χ1n) is 4.39. The second kappa shape index (κ2) is 4.99. The van der Waals surface area contributed by atoms with Crippen LogP contribution < -0.4 is 5.73 Å². The molecule has 0 heterocycles. The lowest BCUT2D eigenvalue weighted by Gasteiger charge is -2.18. The van der Waals surface area contributed by atoms with E-state index in [1.807, 2.05) is 6.92 Å². The highest BCUT2D eigenvalue weighted by Crippen LogP contribution is 2.30. The summed E-state index contributed by atoms with van der Waals surface area (Å²) in [7, 11) is 0. The van der Waals surface area contributed by atoms with Crippen LogP contribution in [0.2, 0.25) is 10.0 Å². The minimum Gasteiger partial charge on any atom is -0.388 e. The van der Waals surface area contributed by atoms with E-state index in [-0.39, 0.29) is 5.92 Å². The van der Waals surface area contributed by atoms with Crippen LogP contribution in [0.3, 0.4) is 0 Å². The van der Waals surface area contributed by atoms with Crippen LogP contribution in [-0.2, 0) is 0 Å². The Bertz CT molecular complexity index is 317. The van der Waals surface area contributed by atoms with Gasteiger partial charge in [0.05, 0.1) is 6.10 Å². The van der Waals surface area contributed by atoms with Crippen molar-refractivity contribution in [2.75, 3.05) is 6.54 Å². The highest BCUT2D eigenvalue weighted by Gasteiger charge is 2.17. The molecule has 0 aliphatic carbocycles. The van der Waals surface area contributed by atoms with Gasteiger partial charge in [-0.1, -0.05) is 30.1 Å². The van der Waals surface area contributed by atoms with Crippen LogP contribution in [0.4, 0.5) is 0 Å². The Labute approximate surface area is 93.6 Å². The van der Waals surface area contributed by atoms with Gasteiger partial charge < -0.3 is 10.8 Å². The first kappa shape index (κ1) is 11.8. The molecular formula is C10H13Cl2NO. The predicted molar refractivity (Wildman–Crippen MR) is 59.6 cm³/mol. The Balaban J connectivity index is 2.99. The minimum atomic E-state index is -0.661. The number of nitrogens with two attached hydrogens (primary N) is 1. The third-order valence-corrected chi connectivity index (χ3v) is 2.77. The Morgan fingerprint density at radius 1 is 1.43 bits per heavy atom. The smallest absolute Gasteiger partial charge is 0.0842 e. The topological polar surface area (TPSA) is 46.2 Å². The summed E-state index contributed by atoms with van der Waals surface area (Å²) < 4.78 is 0. The van der Waals surface area contributed by atoms with Gasteiger partial charge in [-0.15, -0.1) is 0 Å². The molecule has 2 unspecified atom stereocenters. The maximum absolute atomic E-state index is 9.87. The number of rotatable bonds is 3. The quantitative estimate of drug-likeness (QED) is 0.844. The van der Waals surface area contributed by atoms with Gasteiger partial charge in [-0.25, -0.2) is 0 Å². The Hall–Kier alpha value is -0.280. The predicted octanol–water partition coefficient (Wildman–Crippen LogP) is 2.62. The largest absolute Gasteiger partial charge is 0.388 e. The van der Waals surface area contributed by atoms with E-state index in [0.29, 0.717) is 22.2 Å². The summed E-state index contributed by atoms with van der Waals surface area (Å²) in [6.07, 6.45) is -0.661. The number of benzene rings is 1. The van der Waals surface area contributed by atoms with Crippen LogP contribution in [0.1, 0.15) is 18.6 Å². The minimum absolute atomic E-state index is 0.0361. The molecule has 0 amide bonds. The first-order valence-corrected chi connectivity index (χ1v) is 5.15. The molecule has 1 aromatic carbocycles. The monoisotopic (exact) mass is 233 g/mol. The van der Waals surface area contributed by atoms with Gasteiger partial charge in [0.25, 0.3) is 0 Å². The van der Waals surface area contributed by atoms with Crippen molar-refractivity contribution in [1.29, 1.82) is 0 Å². The van der Waals surface area contributed by atoms with E-state index in [0.717, 1.165) is 0 Å². The summed E-state index contributed by atoms with van der Waals surface area (Å²) >= 11 is 11.7. The lowest BCUT2D eigenvalue weighted by molar-refractivity contribution is 0.122. The second-order valence-electron chi connectivity index (χ2n) is 3.32. The molecular weight excluding hydrogens is 221 g/mol. The lowest BCUT2D eigenvalue weighted by Crippen LogP contribution is -2.19. The Morgan fingerprint density at radius 3 is 2.64 bits per heavy atom. The number of hydrogen-bond donors (Lipinski definition) is 2. The number of aliphatic hydroxyl groups excluding tert-OH is 1. The molecule has 0 spiro atoms. The van der Waals surface area contributed by atoms with Gasteiger partial charge >= 0.3 is 0 Å². The maximum Gasteiger partial charge on any atom is 0.0842 e. The molecule has 1 rings (SSSR count). The summed E-state index contributed by atoms with van der Waals surface area (Å²) in [5, 5.41) is 10.9. The van der Waals surface area contributed by atoms with Crippen LogP contribution in [0.5, 0.6) is 0 Å². The van der Waals surface area contributed by atoms with E-state index in [1.54, 1.807) is 18.2 Å². The average molecular weight is 234 g/mol. The zero-order chi connectivity index (χ0) is 10.7. The summed E-state index contributed by atoms with van der Waals surface area (Å²) in [4.78, 5) is 0. The molecule has 1 aromatic rings. The van der Waals surface area contributed by atoms with Gasteiger partial charge in [0, 0.05) is 15.6 Å². The molecule has 2 nitrogen and oxygen atoms in total. The molecule has 0 aliphatic heterocycles. The molecule has 14 heavy (non-hydrogen) atoms. The van der Waals surface area contributed by atoms with Gasteiger partial charge in [-0.3, -0.25) is 0 Å². The van der Waals surface area contributed by atoms with E-state index in [9.17, 15) is 5.11 Å². The number of halogens is 2. The van der Waals surface area contributed by atoms with Crippen molar-refractivity contribution in [2.24, 2.45) is 11.7 Å². The van der Waals surface area contributed by atoms with Crippen LogP contribution in [-0.4, -0.2) is 11.7 Å². The summed E-state index contributed by atoms with van der Waals surface area (Å²) in [6, 6.07) is 5.03. The van der Waals surface area contributed by atoms with Crippen molar-refractivity contribution >= 4 is 23.2 Å². The molecule has 0 radical (unpaired) electrons. The van der Waals surface area contributed by atoms with E-state index >= 15 is 0 Å². The molecule has 0 aliphatic rings. The molecule has 0 aromatic heterocycles. The zero-order valence-corrected chi connectivity index (χ0v) is 9.39. The highest BCUT2D eigenvalue weighted by molar-refractivity contribution is 6.33. The molecule has 0 saturated heterocycles. The van der Waals surface area contributed by atoms with Crippen molar-refractivity contribution < 1.29 is 5.11 Å². The van der Waals surface area contributed by atoms with Gasteiger partial charge in [0.1, 0.15) is 0 Å². The third-order valence-electron chi connectivity index (χ3n) is 2.19. The molecule has 3 N–H and O–H groups in total. The Kier molecular flexibility index (Phi) is 4.20. The van der Waals surface area contributed by atoms with Gasteiger partial charge in [-0.2, -0.15) is 0 Å². The molecule has 0 fully saturated rings. The third kappa shape index (κ3) is 2.61. The van der Waals surface area contributed by atoms with Gasteiger partial charge in [-0.05, 0) is 30.7 Å².